The van der Waals surface area contributed by atoms with Crippen LogP contribution in [0.25, 0.3) is 0 Å². The van der Waals surface area contributed by atoms with Crippen LogP contribution >= 0.6 is 11.8 Å². The molecule has 27 heavy (non-hydrogen) atoms. The van der Waals surface area contributed by atoms with Crippen LogP contribution in [-0.2, 0) is 26.0 Å². The summed E-state index contributed by atoms with van der Waals surface area (Å²) in [4.78, 5) is 25.5. The Morgan fingerprint density at radius 2 is 1.78 bits per heavy atom. The molecular formula is C19H20N2O4S2. The maximum absolute atomic E-state index is 12.4. The zero-order chi connectivity index (χ0) is 19.6. The smallest absolute Gasteiger partial charge is 0.234 e. The predicted octanol–water partition coefficient (Wildman–Crippen LogP) is 2.82. The number of rotatable bonds is 5. The Kier molecular flexibility index (Phi) is 5.57. The Labute approximate surface area is 162 Å². The van der Waals surface area contributed by atoms with Crippen molar-refractivity contribution in [2.75, 3.05) is 17.3 Å². The Hall–Kier alpha value is -2.32. The maximum atomic E-state index is 12.4. The summed E-state index contributed by atoms with van der Waals surface area (Å²) in [7, 11) is -3.24. The molecule has 1 heterocycles. The van der Waals surface area contributed by atoms with Crippen LogP contribution in [0.3, 0.4) is 0 Å². The van der Waals surface area contributed by atoms with Crippen molar-refractivity contribution >= 4 is 39.1 Å². The normalized spacial score (nSPS) is 17.2. The standard InChI is InChI=1S/C19H20N2O4S2/c1-13(22)20-16-7-5-15(6-8-16)19-21(18(23)12-26-19)11-14-3-9-17(10-4-14)27(2,24)25/h3-10,19H,11-12H2,1-2H3,(H,20,22). The lowest BCUT2D eigenvalue weighted by molar-refractivity contribution is -0.128. The van der Waals surface area contributed by atoms with Gasteiger partial charge in [0.1, 0.15) is 5.37 Å². The van der Waals surface area contributed by atoms with Gasteiger partial charge < -0.3 is 10.2 Å². The molecule has 0 spiro atoms. The molecule has 8 heteroatoms. The molecule has 3 rings (SSSR count). The molecule has 1 atom stereocenters. The number of hydrogen-bond acceptors (Lipinski definition) is 5. The number of thioether (sulfide) groups is 1. The summed E-state index contributed by atoms with van der Waals surface area (Å²) in [5.74, 6) is 0.315. The van der Waals surface area contributed by atoms with Crippen molar-refractivity contribution in [1.82, 2.24) is 4.90 Å². The van der Waals surface area contributed by atoms with Gasteiger partial charge in [0.05, 0.1) is 10.6 Å². The van der Waals surface area contributed by atoms with Gasteiger partial charge in [0.15, 0.2) is 9.84 Å². The van der Waals surface area contributed by atoms with Gasteiger partial charge in [-0.1, -0.05) is 24.3 Å². The number of sulfone groups is 1. The van der Waals surface area contributed by atoms with Crippen molar-refractivity contribution in [2.24, 2.45) is 0 Å². The zero-order valence-corrected chi connectivity index (χ0v) is 16.6. The quantitative estimate of drug-likeness (QED) is 0.828. The van der Waals surface area contributed by atoms with Gasteiger partial charge in [0.25, 0.3) is 0 Å². The molecule has 142 valence electrons. The van der Waals surface area contributed by atoms with Gasteiger partial charge in [-0.05, 0) is 35.4 Å². The molecule has 0 saturated carbocycles. The molecule has 2 amide bonds. The molecule has 6 nitrogen and oxygen atoms in total. The molecule has 0 aliphatic carbocycles. The highest BCUT2D eigenvalue weighted by atomic mass is 32.2. The average Bonchev–Trinajstić information content (AvgIpc) is 2.96. The molecule has 1 unspecified atom stereocenters. The number of nitrogens with one attached hydrogen (secondary N) is 1. The Morgan fingerprint density at radius 1 is 1.15 bits per heavy atom. The van der Waals surface area contributed by atoms with Crippen molar-refractivity contribution in [1.29, 1.82) is 0 Å². The third kappa shape index (κ3) is 4.70. The largest absolute Gasteiger partial charge is 0.326 e. The van der Waals surface area contributed by atoms with Crippen LogP contribution in [0.2, 0.25) is 0 Å². The van der Waals surface area contributed by atoms with Crippen molar-refractivity contribution < 1.29 is 18.0 Å². The highest BCUT2D eigenvalue weighted by Crippen LogP contribution is 2.39. The van der Waals surface area contributed by atoms with Crippen molar-refractivity contribution in [3.63, 3.8) is 0 Å². The van der Waals surface area contributed by atoms with Gasteiger partial charge in [-0.15, -0.1) is 11.8 Å². The van der Waals surface area contributed by atoms with Crippen LogP contribution in [0, 0.1) is 0 Å². The summed E-state index contributed by atoms with van der Waals surface area (Å²) in [6.45, 7) is 1.87. The van der Waals surface area contributed by atoms with E-state index in [-0.39, 0.29) is 22.1 Å². The summed E-state index contributed by atoms with van der Waals surface area (Å²) in [5.41, 5.74) is 2.56. The van der Waals surface area contributed by atoms with Gasteiger partial charge >= 0.3 is 0 Å². The number of carbonyl (C=O) groups excluding carboxylic acids is 2. The molecular weight excluding hydrogens is 384 g/mol. The Bertz CT molecular complexity index is 954. The second-order valence-electron chi connectivity index (χ2n) is 6.40. The van der Waals surface area contributed by atoms with Crippen LogP contribution < -0.4 is 5.32 Å². The van der Waals surface area contributed by atoms with Crippen molar-refractivity contribution in [3.05, 3.63) is 59.7 Å². The summed E-state index contributed by atoms with van der Waals surface area (Å²) in [6.07, 6.45) is 1.17. The SMILES string of the molecule is CC(=O)Nc1ccc(C2SCC(=O)N2Cc2ccc(S(C)(=O)=O)cc2)cc1. The molecule has 0 aromatic heterocycles. The van der Waals surface area contributed by atoms with E-state index in [0.717, 1.165) is 11.1 Å². The molecule has 2 aromatic rings. The van der Waals surface area contributed by atoms with Gasteiger partial charge in [-0.3, -0.25) is 9.59 Å². The van der Waals surface area contributed by atoms with E-state index in [1.54, 1.807) is 40.9 Å². The number of benzene rings is 2. The third-order valence-corrected chi connectivity index (χ3v) is 6.57. The van der Waals surface area contributed by atoms with Gasteiger partial charge in [0.2, 0.25) is 11.8 Å². The lowest BCUT2D eigenvalue weighted by Gasteiger charge is -2.24. The highest BCUT2D eigenvalue weighted by molar-refractivity contribution is 8.00. The van der Waals surface area contributed by atoms with Gasteiger partial charge in [0, 0.05) is 25.4 Å². The fourth-order valence-electron chi connectivity index (χ4n) is 2.87. The van der Waals surface area contributed by atoms with Crippen LogP contribution in [-0.4, -0.2) is 37.1 Å². The van der Waals surface area contributed by atoms with E-state index in [9.17, 15) is 18.0 Å². The number of nitrogens with zero attached hydrogens (tertiary/aromatic N) is 1. The number of carbonyl (C=O) groups is 2. The van der Waals surface area contributed by atoms with E-state index < -0.39 is 9.84 Å². The van der Waals surface area contributed by atoms with Crippen molar-refractivity contribution in [2.45, 2.75) is 23.7 Å². The minimum atomic E-state index is -3.24. The van der Waals surface area contributed by atoms with Crippen LogP contribution in [0.4, 0.5) is 5.69 Å². The zero-order valence-electron chi connectivity index (χ0n) is 15.0. The fourth-order valence-corrected chi connectivity index (χ4v) is 4.69. The molecule has 2 aromatic carbocycles. The molecule has 1 aliphatic heterocycles. The number of amides is 2. The summed E-state index contributed by atoms with van der Waals surface area (Å²) < 4.78 is 23.2. The monoisotopic (exact) mass is 404 g/mol. The third-order valence-electron chi connectivity index (χ3n) is 4.19. The molecule has 0 radical (unpaired) electrons. The van der Waals surface area contributed by atoms with E-state index in [1.165, 1.54) is 13.2 Å². The minimum absolute atomic E-state index is 0.0446. The van der Waals surface area contributed by atoms with Crippen molar-refractivity contribution in [3.8, 4) is 0 Å². The molecule has 1 saturated heterocycles. The molecule has 0 bridgehead atoms. The topological polar surface area (TPSA) is 83.6 Å². The first-order valence-corrected chi connectivity index (χ1v) is 11.3. The number of anilines is 1. The molecule has 1 aliphatic rings. The van der Waals surface area contributed by atoms with E-state index in [1.807, 2.05) is 24.3 Å². The highest BCUT2D eigenvalue weighted by Gasteiger charge is 2.32. The van der Waals surface area contributed by atoms with Gasteiger partial charge in [-0.25, -0.2) is 8.42 Å². The first-order chi connectivity index (χ1) is 12.7. The summed E-state index contributed by atoms with van der Waals surface area (Å²) in [5, 5.41) is 2.61. The van der Waals surface area contributed by atoms with E-state index in [2.05, 4.69) is 5.32 Å². The lowest BCUT2D eigenvalue weighted by atomic mass is 10.1. The van der Waals surface area contributed by atoms with Crippen LogP contribution in [0.15, 0.2) is 53.4 Å². The predicted molar refractivity (Wildman–Crippen MR) is 106 cm³/mol. The second kappa shape index (κ2) is 7.74. The lowest BCUT2D eigenvalue weighted by Crippen LogP contribution is -2.27. The van der Waals surface area contributed by atoms with Crippen LogP contribution in [0.1, 0.15) is 23.4 Å². The Balaban J connectivity index is 1.77. The minimum Gasteiger partial charge on any atom is -0.326 e. The Morgan fingerprint density at radius 3 is 2.33 bits per heavy atom. The number of hydrogen-bond donors (Lipinski definition) is 1. The summed E-state index contributed by atoms with van der Waals surface area (Å²) >= 11 is 1.55. The maximum Gasteiger partial charge on any atom is 0.234 e. The van der Waals surface area contributed by atoms with E-state index >= 15 is 0 Å². The fraction of sp³-hybridized carbons (Fsp3) is 0.263. The summed E-state index contributed by atoms with van der Waals surface area (Å²) in [6, 6.07) is 14.1. The van der Waals surface area contributed by atoms with E-state index in [0.29, 0.717) is 18.0 Å². The average molecular weight is 405 g/mol. The molecule has 1 N–H and O–H groups in total. The second-order valence-corrected chi connectivity index (χ2v) is 9.49. The van der Waals surface area contributed by atoms with E-state index in [4.69, 9.17) is 0 Å². The van der Waals surface area contributed by atoms with Gasteiger partial charge in [-0.2, -0.15) is 0 Å². The molecule has 1 fully saturated rings. The first kappa shape index (κ1) is 19.4. The van der Waals surface area contributed by atoms with Crippen LogP contribution in [0.5, 0.6) is 0 Å². The first-order valence-electron chi connectivity index (χ1n) is 8.31.